The molecule has 0 unspecified atom stereocenters. The molecule has 0 atom stereocenters. The van der Waals surface area contributed by atoms with Crippen LogP contribution in [0.15, 0.2) is 12.1 Å². The predicted octanol–water partition coefficient (Wildman–Crippen LogP) is 1.68. The minimum atomic E-state index is -0.690. The molecule has 1 aromatic carbocycles. The lowest BCUT2D eigenvalue weighted by atomic mass is 9.85. The van der Waals surface area contributed by atoms with Gasteiger partial charge in [0.15, 0.2) is 0 Å². The first-order valence-electron chi connectivity index (χ1n) is 10.4. The monoisotopic (exact) mass is 426 g/mol. The van der Waals surface area contributed by atoms with Gasteiger partial charge in [0, 0.05) is 29.3 Å². The number of primary amides is 1. The summed E-state index contributed by atoms with van der Waals surface area (Å²) in [6.07, 6.45) is 2.99. The van der Waals surface area contributed by atoms with E-state index in [4.69, 9.17) is 10.1 Å². The number of amides is 1. The van der Waals surface area contributed by atoms with E-state index >= 15 is 0 Å². The summed E-state index contributed by atoms with van der Waals surface area (Å²) < 4.78 is 16.6. The molecule has 0 saturated heterocycles. The molecule has 8 heteroatoms. The summed E-state index contributed by atoms with van der Waals surface area (Å²) in [5.41, 5.74) is 13.7. The Morgan fingerprint density at radius 2 is 1.97 bits per heavy atom. The van der Waals surface area contributed by atoms with E-state index in [-0.39, 0.29) is 12.4 Å². The van der Waals surface area contributed by atoms with Crippen molar-refractivity contribution in [3.8, 4) is 11.4 Å². The molecule has 1 amide bonds. The normalized spacial score (nSPS) is 13.6. The highest BCUT2D eigenvalue weighted by Gasteiger charge is 2.30. The Morgan fingerprint density at radius 1 is 1.26 bits per heavy atom. The second kappa shape index (κ2) is 8.37. The van der Waals surface area contributed by atoms with Gasteiger partial charge in [-0.1, -0.05) is 0 Å². The molecule has 2 aromatic heterocycles. The smallest absolute Gasteiger partial charge is 0.243 e. The van der Waals surface area contributed by atoms with Crippen molar-refractivity contribution in [1.82, 2.24) is 14.9 Å². The Balaban J connectivity index is 0.000000418. The summed E-state index contributed by atoms with van der Waals surface area (Å²) in [5.74, 6) is -0.849. The summed E-state index contributed by atoms with van der Waals surface area (Å²) in [6.45, 7) is 2.80. The average Bonchev–Trinajstić information content (AvgIpc) is 3.28. The Labute approximate surface area is 179 Å². The summed E-state index contributed by atoms with van der Waals surface area (Å²) in [4.78, 5) is 14.2. The van der Waals surface area contributed by atoms with Crippen LogP contribution in [0.3, 0.4) is 0 Å². The minimum Gasteiger partial charge on any atom is -0.390 e. The van der Waals surface area contributed by atoms with E-state index in [0.717, 1.165) is 65.1 Å². The van der Waals surface area contributed by atoms with Gasteiger partial charge in [0.1, 0.15) is 12.4 Å². The molecule has 0 radical (unpaired) electrons. The molecule has 5 N–H and O–H groups in total. The third-order valence-electron chi connectivity index (χ3n) is 6.20. The maximum atomic E-state index is 14.4. The molecule has 0 bridgehead atoms. The van der Waals surface area contributed by atoms with Gasteiger partial charge in [0.2, 0.25) is 5.91 Å². The van der Waals surface area contributed by atoms with Gasteiger partial charge in [-0.2, -0.15) is 0 Å². The number of hydrogen-bond donors (Lipinski definition) is 4. The standard InChI is InChI=1S/C21H22FN3O.C2H5NO2/c1-11-13-4-3-5-14-15-9-25-18(6-12(8-23-2)19(25)10-26)21(15)24-17(20(13)14)7-16(11)22;3-2(5)1-4/h6-7,23,26H,3-5,8-10H2,1-2H3;4H,1H2,(H2,3,5). The van der Waals surface area contributed by atoms with Crippen LogP contribution < -0.4 is 11.1 Å². The molecule has 3 aromatic rings. The molecule has 164 valence electrons. The number of nitrogens with zero attached hydrogens (tertiary/aromatic N) is 2. The Kier molecular flexibility index (Phi) is 5.79. The summed E-state index contributed by atoms with van der Waals surface area (Å²) >= 11 is 0. The zero-order chi connectivity index (χ0) is 22.3. The molecule has 31 heavy (non-hydrogen) atoms. The Bertz CT molecular complexity index is 1190. The summed E-state index contributed by atoms with van der Waals surface area (Å²) in [6, 6.07) is 3.71. The minimum absolute atomic E-state index is 0.0127. The zero-order valence-corrected chi connectivity index (χ0v) is 17.8. The maximum absolute atomic E-state index is 14.4. The molecule has 0 spiro atoms. The van der Waals surface area contributed by atoms with Crippen molar-refractivity contribution in [3.63, 3.8) is 0 Å². The van der Waals surface area contributed by atoms with Gasteiger partial charge in [-0.25, -0.2) is 9.37 Å². The van der Waals surface area contributed by atoms with E-state index in [9.17, 15) is 14.3 Å². The summed E-state index contributed by atoms with van der Waals surface area (Å²) in [5, 5.41) is 21.9. The largest absolute Gasteiger partial charge is 0.390 e. The number of aliphatic hydroxyl groups is 2. The molecule has 5 rings (SSSR count). The number of fused-ring (bicyclic) bond motifs is 4. The number of pyridine rings is 1. The number of aromatic nitrogens is 2. The highest BCUT2D eigenvalue weighted by Crippen LogP contribution is 2.42. The van der Waals surface area contributed by atoms with Crippen molar-refractivity contribution in [1.29, 1.82) is 0 Å². The van der Waals surface area contributed by atoms with Gasteiger partial charge < -0.3 is 25.8 Å². The number of aliphatic hydroxyl groups excluding tert-OH is 2. The van der Waals surface area contributed by atoms with E-state index in [0.29, 0.717) is 6.54 Å². The first kappa shape index (κ1) is 21.4. The third-order valence-corrected chi connectivity index (χ3v) is 6.20. The number of carbonyl (C=O) groups is 1. The topological polar surface area (TPSA) is 113 Å². The molecular weight excluding hydrogens is 399 g/mol. The quantitative estimate of drug-likeness (QED) is 0.397. The third kappa shape index (κ3) is 3.50. The van der Waals surface area contributed by atoms with Crippen LogP contribution in [0.4, 0.5) is 4.39 Å². The lowest BCUT2D eigenvalue weighted by Crippen LogP contribution is -2.14. The molecule has 2 aliphatic rings. The van der Waals surface area contributed by atoms with Crippen LogP contribution in [0, 0.1) is 12.7 Å². The van der Waals surface area contributed by atoms with Crippen LogP contribution in [0.1, 0.15) is 39.9 Å². The highest BCUT2D eigenvalue weighted by molar-refractivity contribution is 5.92. The zero-order valence-electron chi connectivity index (χ0n) is 17.8. The molecule has 1 aliphatic heterocycles. The van der Waals surface area contributed by atoms with Crippen LogP contribution in [0.2, 0.25) is 0 Å². The number of benzene rings is 1. The lowest BCUT2D eigenvalue weighted by molar-refractivity contribution is -0.120. The second-order valence-electron chi connectivity index (χ2n) is 8.03. The van der Waals surface area contributed by atoms with E-state index in [1.54, 1.807) is 6.07 Å². The Hall–Kier alpha value is -2.81. The van der Waals surface area contributed by atoms with Crippen molar-refractivity contribution in [2.75, 3.05) is 13.7 Å². The summed E-state index contributed by atoms with van der Waals surface area (Å²) in [7, 11) is 1.90. The van der Waals surface area contributed by atoms with E-state index in [1.165, 1.54) is 16.5 Å². The van der Waals surface area contributed by atoms with Gasteiger partial charge in [0.25, 0.3) is 0 Å². The van der Waals surface area contributed by atoms with Crippen molar-refractivity contribution in [3.05, 3.63) is 51.5 Å². The van der Waals surface area contributed by atoms with Crippen LogP contribution in [0.5, 0.6) is 0 Å². The number of hydrogen-bond acceptors (Lipinski definition) is 5. The van der Waals surface area contributed by atoms with Gasteiger partial charge in [-0.3, -0.25) is 4.79 Å². The molecule has 7 nitrogen and oxygen atoms in total. The molecule has 0 fully saturated rings. The number of rotatable bonds is 4. The fourth-order valence-corrected chi connectivity index (χ4v) is 4.82. The predicted molar refractivity (Wildman–Crippen MR) is 116 cm³/mol. The molecular formula is C23H27FN4O3. The van der Waals surface area contributed by atoms with Crippen molar-refractivity contribution in [2.24, 2.45) is 5.73 Å². The molecule has 3 heterocycles. The average molecular weight is 426 g/mol. The van der Waals surface area contributed by atoms with Crippen LogP contribution >= 0.6 is 0 Å². The van der Waals surface area contributed by atoms with Crippen LogP contribution in [-0.2, 0) is 37.3 Å². The fourth-order valence-electron chi connectivity index (χ4n) is 4.82. The van der Waals surface area contributed by atoms with Gasteiger partial charge >= 0.3 is 0 Å². The molecule has 0 saturated carbocycles. The van der Waals surface area contributed by atoms with Crippen molar-refractivity contribution in [2.45, 2.75) is 45.9 Å². The SMILES string of the molecule is CNCc1cc2n(c1CO)Cc1c-2nc2cc(F)c(C)c3c2c1CCC3.NC(=O)CO. The van der Waals surface area contributed by atoms with E-state index in [2.05, 4.69) is 21.7 Å². The fraction of sp³-hybridized carbons (Fsp3) is 0.391. The number of halogens is 1. The van der Waals surface area contributed by atoms with Crippen molar-refractivity contribution < 1.29 is 19.4 Å². The lowest BCUT2D eigenvalue weighted by Gasteiger charge is -2.22. The number of carbonyl (C=O) groups excluding carboxylic acids is 1. The highest BCUT2D eigenvalue weighted by atomic mass is 19.1. The first-order chi connectivity index (χ1) is 14.9. The van der Waals surface area contributed by atoms with Crippen LogP contribution in [-0.4, -0.2) is 39.3 Å². The Morgan fingerprint density at radius 3 is 2.61 bits per heavy atom. The van der Waals surface area contributed by atoms with E-state index < -0.39 is 12.5 Å². The van der Waals surface area contributed by atoms with Gasteiger partial charge in [-0.05, 0) is 61.6 Å². The van der Waals surface area contributed by atoms with Gasteiger partial charge in [0.05, 0.1) is 30.1 Å². The first-order valence-corrected chi connectivity index (χ1v) is 10.4. The molecule has 1 aliphatic carbocycles. The van der Waals surface area contributed by atoms with Crippen molar-refractivity contribution >= 4 is 16.8 Å². The van der Waals surface area contributed by atoms with E-state index in [1.807, 2.05) is 14.0 Å². The van der Waals surface area contributed by atoms with Crippen LogP contribution in [0.25, 0.3) is 22.3 Å². The van der Waals surface area contributed by atoms with Gasteiger partial charge in [-0.15, -0.1) is 0 Å². The number of nitrogens with two attached hydrogens (primary N) is 1. The maximum Gasteiger partial charge on any atom is 0.243 e. The number of aryl methyl sites for hydroxylation is 2. The second-order valence-corrected chi connectivity index (χ2v) is 8.03. The number of nitrogens with one attached hydrogen (secondary N) is 1.